The minimum atomic E-state index is -0.0536. The summed E-state index contributed by atoms with van der Waals surface area (Å²) < 4.78 is 0. The van der Waals surface area contributed by atoms with Crippen molar-refractivity contribution in [2.75, 3.05) is 6.61 Å². The van der Waals surface area contributed by atoms with Gasteiger partial charge in [0.1, 0.15) is 0 Å². The fourth-order valence-corrected chi connectivity index (χ4v) is 8.55. The summed E-state index contributed by atoms with van der Waals surface area (Å²) in [7, 11) is 0. The molecule has 0 aromatic heterocycles. The maximum absolute atomic E-state index is 10.2. The molecule has 3 fully saturated rings. The van der Waals surface area contributed by atoms with E-state index in [0.29, 0.717) is 29.3 Å². The number of allylic oxidation sites excluding steroid dienone is 2. The van der Waals surface area contributed by atoms with Crippen LogP contribution < -0.4 is 0 Å². The molecule has 0 radical (unpaired) electrons. The zero-order valence-corrected chi connectivity index (χ0v) is 19.5. The maximum Gasteiger partial charge on any atom is 0.0543 e. The van der Waals surface area contributed by atoms with Crippen LogP contribution >= 0.6 is 0 Å². The molecule has 0 aliphatic heterocycles. The summed E-state index contributed by atoms with van der Waals surface area (Å²) in [5.74, 6) is 4.44. The fraction of sp³-hybridized carbons (Fsp3) is 0.926. The Morgan fingerprint density at radius 2 is 1.72 bits per heavy atom. The molecular formula is C27H46O2. The zero-order valence-electron chi connectivity index (χ0n) is 19.5. The van der Waals surface area contributed by atoms with Gasteiger partial charge in [-0.15, -0.1) is 0 Å². The first-order valence-corrected chi connectivity index (χ1v) is 12.8. The van der Waals surface area contributed by atoms with Crippen molar-refractivity contribution < 1.29 is 10.2 Å². The smallest absolute Gasteiger partial charge is 0.0543 e. The van der Waals surface area contributed by atoms with Gasteiger partial charge in [0.25, 0.3) is 0 Å². The van der Waals surface area contributed by atoms with Crippen molar-refractivity contribution in [3.05, 3.63) is 11.6 Å². The molecule has 0 spiro atoms. The summed E-state index contributed by atoms with van der Waals surface area (Å²) >= 11 is 0. The number of fused-ring (bicyclic) bond motifs is 5. The van der Waals surface area contributed by atoms with E-state index in [4.69, 9.17) is 0 Å². The fourth-order valence-electron chi connectivity index (χ4n) is 8.55. The van der Waals surface area contributed by atoms with Crippen LogP contribution in [0.5, 0.6) is 0 Å². The molecule has 0 heterocycles. The normalized spacial score (nSPS) is 46.3. The van der Waals surface area contributed by atoms with Crippen LogP contribution in [0.25, 0.3) is 0 Å². The number of aliphatic hydroxyl groups is 2. The third-order valence-electron chi connectivity index (χ3n) is 10.5. The average molecular weight is 403 g/mol. The van der Waals surface area contributed by atoms with E-state index in [0.717, 1.165) is 36.5 Å². The molecule has 0 aromatic rings. The van der Waals surface area contributed by atoms with Gasteiger partial charge in [0, 0.05) is 6.61 Å². The van der Waals surface area contributed by atoms with E-state index in [1.165, 1.54) is 57.8 Å². The quantitative estimate of drug-likeness (QED) is 0.507. The predicted molar refractivity (Wildman–Crippen MR) is 120 cm³/mol. The standard InChI is InChI=1S/C27H46O2/c1-18(17-28)6-5-7-19(2)23-10-11-24-22-9-8-20-16-21(29)12-14-26(20,3)25(22)13-15-27(23,24)4/h9,18-21,23-25,28-29H,5-8,10-17H2,1-4H3/t18-,19+,20-,21-,23+,24-,25-,26-,27+/m0/s1. The monoisotopic (exact) mass is 402 g/mol. The molecule has 0 saturated heterocycles. The molecule has 0 aromatic carbocycles. The summed E-state index contributed by atoms with van der Waals surface area (Å²) in [6.07, 6.45) is 16.5. The van der Waals surface area contributed by atoms with Gasteiger partial charge in [-0.25, -0.2) is 0 Å². The zero-order chi connectivity index (χ0) is 20.8. The van der Waals surface area contributed by atoms with Crippen molar-refractivity contribution in [1.29, 1.82) is 0 Å². The highest BCUT2D eigenvalue weighted by Crippen LogP contribution is 2.66. The van der Waals surface area contributed by atoms with Crippen LogP contribution in [0.4, 0.5) is 0 Å². The highest BCUT2D eigenvalue weighted by molar-refractivity contribution is 5.27. The largest absolute Gasteiger partial charge is 0.396 e. The van der Waals surface area contributed by atoms with E-state index in [-0.39, 0.29) is 6.10 Å². The van der Waals surface area contributed by atoms with E-state index in [2.05, 4.69) is 33.8 Å². The molecule has 4 rings (SSSR count). The molecule has 0 amide bonds. The van der Waals surface area contributed by atoms with Crippen LogP contribution in [0, 0.1) is 46.3 Å². The molecule has 29 heavy (non-hydrogen) atoms. The van der Waals surface area contributed by atoms with Crippen LogP contribution in [0.2, 0.25) is 0 Å². The van der Waals surface area contributed by atoms with Crippen molar-refractivity contribution in [3.8, 4) is 0 Å². The molecule has 2 N–H and O–H groups in total. The Balaban J connectivity index is 1.47. The Morgan fingerprint density at radius 3 is 2.48 bits per heavy atom. The van der Waals surface area contributed by atoms with Crippen LogP contribution in [0.3, 0.4) is 0 Å². The Kier molecular flexibility index (Phi) is 6.26. The van der Waals surface area contributed by atoms with Crippen LogP contribution in [0.15, 0.2) is 11.6 Å². The van der Waals surface area contributed by atoms with Gasteiger partial charge in [0.15, 0.2) is 0 Å². The lowest BCUT2D eigenvalue weighted by Crippen LogP contribution is -2.49. The van der Waals surface area contributed by atoms with Crippen molar-refractivity contribution in [3.63, 3.8) is 0 Å². The van der Waals surface area contributed by atoms with Gasteiger partial charge < -0.3 is 10.2 Å². The Bertz CT molecular complexity index is 612. The number of hydrogen-bond acceptors (Lipinski definition) is 2. The second-order valence-corrected chi connectivity index (χ2v) is 12.1. The average Bonchev–Trinajstić information content (AvgIpc) is 3.05. The lowest BCUT2D eigenvalue weighted by molar-refractivity contribution is -0.0427. The van der Waals surface area contributed by atoms with E-state index in [9.17, 15) is 10.2 Å². The maximum atomic E-state index is 10.2. The SMILES string of the molecule is C[C@H](CO)CCC[C@@H](C)[C@H]1CC[C@H]2C3=CC[C@H]4C[C@@H](O)CC[C@]4(C)[C@H]3CC[C@]12C. The Labute approximate surface area is 179 Å². The second-order valence-electron chi connectivity index (χ2n) is 12.1. The van der Waals surface area contributed by atoms with E-state index >= 15 is 0 Å². The van der Waals surface area contributed by atoms with Crippen molar-refractivity contribution in [1.82, 2.24) is 0 Å². The molecule has 3 saturated carbocycles. The molecule has 4 aliphatic rings. The lowest BCUT2D eigenvalue weighted by Gasteiger charge is -2.57. The van der Waals surface area contributed by atoms with Crippen molar-refractivity contribution in [2.24, 2.45) is 46.3 Å². The molecule has 166 valence electrons. The van der Waals surface area contributed by atoms with Crippen molar-refractivity contribution >= 4 is 0 Å². The van der Waals surface area contributed by atoms with Gasteiger partial charge in [-0.3, -0.25) is 0 Å². The topological polar surface area (TPSA) is 40.5 Å². The third kappa shape index (κ3) is 3.75. The summed E-state index contributed by atoms with van der Waals surface area (Å²) in [4.78, 5) is 0. The number of hydrogen-bond donors (Lipinski definition) is 2. The molecule has 4 aliphatic carbocycles. The summed E-state index contributed by atoms with van der Waals surface area (Å²) in [6, 6.07) is 0. The Morgan fingerprint density at radius 1 is 1.00 bits per heavy atom. The van der Waals surface area contributed by atoms with E-state index in [1.54, 1.807) is 0 Å². The first kappa shape index (κ1) is 21.9. The first-order valence-electron chi connectivity index (χ1n) is 12.8. The molecule has 2 nitrogen and oxygen atoms in total. The van der Waals surface area contributed by atoms with Crippen molar-refractivity contribution in [2.45, 2.75) is 104 Å². The third-order valence-corrected chi connectivity index (χ3v) is 10.5. The number of aliphatic hydroxyl groups excluding tert-OH is 2. The van der Waals surface area contributed by atoms with Gasteiger partial charge in [-0.05, 0) is 104 Å². The van der Waals surface area contributed by atoms with Crippen LogP contribution in [-0.2, 0) is 0 Å². The highest BCUT2D eigenvalue weighted by Gasteiger charge is 2.58. The van der Waals surface area contributed by atoms with Crippen LogP contribution in [-0.4, -0.2) is 22.9 Å². The van der Waals surface area contributed by atoms with Crippen LogP contribution in [0.1, 0.15) is 98.3 Å². The number of rotatable bonds is 6. The van der Waals surface area contributed by atoms with E-state index in [1.807, 2.05) is 5.57 Å². The van der Waals surface area contributed by atoms with E-state index < -0.39 is 0 Å². The molecule has 0 bridgehead atoms. The molecule has 9 atom stereocenters. The molecule has 0 unspecified atom stereocenters. The molecular weight excluding hydrogens is 356 g/mol. The predicted octanol–water partition coefficient (Wildman–Crippen LogP) is 6.36. The summed E-state index contributed by atoms with van der Waals surface area (Å²) in [5, 5.41) is 19.5. The van der Waals surface area contributed by atoms with Gasteiger partial charge in [0.2, 0.25) is 0 Å². The summed E-state index contributed by atoms with van der Waals surface area (Å²) in [5.41, 5.74) is 2.79. The minimum Gasteiger partial charge on any atom is -0.396 e. The highest BCUT2D eigenvalue weighted by atomic mass is 16.3. The Hall–Kier alpha value is -0.340. The van der Waals surface area contributed by atoms with Gasteiger partial charge in [-0.1, -0.05) is 52.2 Å². The van der Waals surface area contributed by atoms with Gasteiger partial charge in [-0.2, -0.15) is 0 Å². The van der Waals surface area contributed by atoms with Gasteiger partial charge >= 0.3 is 0 Å². The molecule has 2 heteroatoms. The first-order chi connectivity index (χ1) is 13.8. The lowest BCUT2D eigenvalue weighted by atomic mass is 9.47. The second kappa shape index (κ2) is 8.30. The summed E-state index contributed by atoms with van der Waals surface area (Å²) in [6.45, 7) is 10.2. The van der Waals surface area contributed by atoms with Gasteiger partial charge in [0.05, 0.1) is 6.10 Å². The minimum absolute atomic E-state index is 0.0536.